The Hall–Kier alpha value is -3.03. The van der Waals surface area contributed by atoms with E-state index in [2.05, 4.69) is 6.58 Å². The number of carbonyl (C=O) groups excluding carboxylic acids is 2. The monoisotopic (exact) mass is 451 g/mol. The van der Waals surface area contributed by atoms with Crippen LogP contribution in [-0.4, -0.2) is 36.6 Å². The first-order valence-electron chi connectivity index (χ1n) is 10.4. The van der Waals surface area contributed by atoms with E-state index < -0.39 is 29.6 Å². The minimum atomic E-state index is -4.50. The molecule has 0 saturated carbocycles. The zero-order valence-corrected chi connectivity index (χ0v) is 18.7. The summed E-state index contributed by atoms with van der Waals surface area (Å²) < 4.78 is 49.8. The summed E-state index contributed by atoms with van der Waals surface area (Å²) in [6, 6.07) is 4.45. The molecule has 0 aromatic heterocycles. The van der Waals surface area contributed by atoms with Crippen LogP contribution < -0.4 is 0 Å². The molecule has 5 nitrogen and oxygen atoms in total. The molecule has 0 fully saturated rings. The van der Waals surface area contributed by atoms with Crippen molar-refractivity contribution in [2.75, 3.05) is 19.8 Å². The number of esters is 2. The zero-order chi connectivity index (χ0) is 24.1. The molecular weight excluding hydrogens is 423 g/mol. The van der Waals surface area contributed by atoms with Crippen LogP contribution in [0.4, 0.5) is 13.2 Å². The Morgan fingerprint density at radius 1 is 1.00 bits per heavy atom. The second-order valence-electron chi connectivity index (χ2n) is 7.22. The summed E-state index contributed by atoms with van der Waals surface area (Å²) in [7, 11) is 0. The summed E-state index contributed by atoms with van der Waals surface area (Å²) in [6.45, 7) is 11.2. The number of rotatable bonds is 8. The Bertz CT molecular complexity index is 888. The molecule has 8 heteroatoms. The summed E-state index contributed by atoms with van der Waals surface area (Å²) in [5.74, 6) is -2.18. The summed E-state index contributed by atoms with van der Waals surface area (Å²) >= 11 is 0. The van der Waals surface area contributed by atoms with Crippen LogP contribution >= 0.6 is 0 Å². The molecule has 0 atom stereocenters. The van der Waals surface area contributed by atoms with Gasteiger partial charge in [0.1, 0.15) is 0 Å². The number of allylic oxidation sites excluding steroid dienone is 2. The summed E-state index contributed by atoms with van der Waals surface area (Å²) in [5.41, 5.74) is 1.09. The molecular formula is C24H28F3NO4. The third-order valence-electron chi connectivity index (χ3n) is 5.29. The standard InChI is InChI=1S/C24H28F3NO4/c1-6-9-14-28-15(4)19(22(29)31-7-2)21(20(16(28)5)23(30)32-8-3)17-10-12-18(13-11-17)24(25,26)27/h6,10-13,21H,1,7-9,14H2,2-5H3. The molecule has 1 heterocycles. The van der Waals surface area contributed by atoms with E-state index in [4.69, 9.17) is 9.47 Å². The predicted molar refractivity (Wildman–Crippen MR) is 114 cm³/mol. The highest BCUT2D eigenvalue weighted by Crippen LogP contribution is 2.43. The fourth-order valence-electron chi connectivity index (χ4n) is 3.81. The Balaban J connectivity index is 2.74. The Morgan fingerprint density at radius 3 is 1.84 bits per heavy atom. The number of hydrogen-bond acceptors (Lipinski definition) is 5. The maximum atomic E-state index is 13.1. The normalized spacial score (nSPS) is 15.2. The van der Waals surface area contributed by atoms with Crippen LogP contribution in [0.5, 0.6) is 0 Å². The smallest absolute Gasteiger partial charge is 0.416 e. The van der Waals surface area contributed by atoms with Gasteiger partial charge in [0.05, 0.1) is 35.8 Å². The van der Waals surface area contributed by atoms with Crippen LogP contribution in [0.3, 0.4) is 0 Å². The second kappa shape index (κ2) is 10.5. The average molecular weight is 451 g/mol. The number of carbonyl (C=O) groups is 2. The Kier molecular flexibility index (Phi) is 8.30. The second-order valence-corrected chi connectivity index (χ2v) is 7.22. The van der Waals surface area contributed by atoms with E-state index in [0.717, 1.165) is 12.1 Å². The van der Waals surface area contributed by atoms with Crippen molar-refractivity contribution in [3.8, 4) is 0 Å². The molecule has 174 valence electrons. The Labute approximate surface area is 186 Å². The van der Waals surface area contributed by atoms with Crippen molar-refractivity contribution in [1.82, 2.24) is 4.90 Å². The van der Waals surface area contributed by atoms with Gasteiger partial charge in [-0.05, 0) is 51.8 Å². The van der Waals surface area contributed by atoms with E-state index in [1.54, 1.807) is 33.8 Å². The average Bonchev–Trinajstić information content (AvgIpc) is 2.73. The molecule has 0 spiro atoms. The molecule has 0 amide bonds. The van der Waals surface area contributed by atoms with Gasteiger partial charge in [-0.1, -0.05) is 18.2 Å². The highest BCUT2D eigenvalue weighted by atomic mass is 19.4. The number of hydrogen-bond donors (Lipinski definition) is 0. The molecule has 1 aliphatic heterocycles. The molecule has 32 heavy (non-hydrogen) atoms. The lowest BCUT2D eigenvalue weighted by atomic mass is 9.79. The molecule has 0 bridgehead atoms. The lowest BCUT2D eigenvalue weighted by Crippen LogP contribution is -2.36. The third-order valence-corrected chi connectivity index (χ3v) is 5.29. The van der Waals surface area contributed by atoms with Crippen molar-refractivity contribution in [3.05, 3.63) is 70.6 Å². The van der Waals surface area contributed by atoms with E-state index in [-0.39, 0.29) is 24.4 Å². The molecule has 1 aromatic rings. The highest BCUT2D eigenvalue weighted by Gasteiger charge is 2.41. The molecule has 0 aliphatic carbocycles. The first kappa shape index (κ1) is 25.2. The Morgan fingerprint density at radius 2 is 1.47 bits per heavy atom. The number of nitrogens with zero attached hydrogens (tertiary/aromatic N) is 1. The van der Waals surface area contributed by atoms with Gasteiger partial charge < -0.3 is 14.4 Å². The van der Waals surface area contributed by atoms with Crippen molar-refractivity contribution in [1.29, 1.82) is 0 Å². The van der Waals surface area contributed by atoms with E-state index in [1.807, 2.05) is 4.90 Å². The third kappa shape index (κ3) is 5.23. The van der Waals surface area contributed by atoms with E-state index in [9.17, 15) is 22.8 Å². The molecule has 1 aliphatic rings. The lowest BCUT2D eigenvalue weighted by Gasteiger charge is -2.38. The van der Waals surface area contributed by atoms with Gasteiger partial charge in [-0.15, -0.1) is 6.58 Å². The van der Waals surface area contributed by atoms with Crippen molar-refractivity contribution in [3.63, 3.8) is 0 Å². The van der Waals surface area contributed by atoms with Crippen LogP contribution in [-0.2, 0) is 25.2 Å². The van der Waals surface area contributed by atoms with Crippen LogP contribution in [0.15, 0.2) is 59.5 Å². The van der Waals surface area contributed by atoms with Gasteiger partial charge in [0.2, 0.25) is 0 Å². The maximum absolute atomic E-state index is 13.1. The van der Waals surface area contributed by atoms with Crippen molar-refractivity contribution < 1.29 is 32.2 Å². The lowest BCUT2D eigenvalue weighted by molar-refractivity contribution is -0.140. The van der Waals surface area contributed by atoms with Gasteiger partial charge in [-0.2, -0.15) is 13.2 Å². The van der Waals surface area contributed by atoms with Crippen LogP contribution in [0.25, 0.3) is 0 Å². The van der Waals surface area contributed by atoms with Crippen molar-refractivity contribution in [2.45, 2.75) is 46.2 Å². The molecule has 0 unspecified atom stereocenters. The minimum Gasteiger partial charge on any atom is -0.463 e. The molecule has 0 saturated heterocycles. The van der Waals surface area contributed by atoms with Gasteiger partial charge in [0.15, 0.2) is 0 Å². The molecule has 0 radical (unpaired) electrons. The van der Waals surface area contributed by atoms with E-state index >= 15 is 0 Å². The minimum absolute atomic E-state index is 0.111. The number of benzene rings is 1. The van der Waals surface area contributed by atoms with Crippen molar-refractivity contribution >= 4 is 11.9 Å². The quantitative estimate of drug-likeness (QED) is 0.394. The molecule has 1 aromatic carbocycles. The highest BCUT2D eigenvalue weighted by molar-refractivity contribution is 5.99. The van der Waals surface area contributed by atoms with Crippen LogP contribution in [0.1, 0.15) is 51.2 Å². The zero-order valence-electron chi connectivity index (χ0n) is 18.7. The molecule has 0 N–H and O–H groups in total. The first-order chi connectivity index (χ1) is 15.1. The van der Waals surface area contributed by atoms with Crippen LogP contribution in [0.2, 0.25) is 0 Å². The van der Waals surface area contributed by atoms with Crippen molar-refractivity contribution in [2.24, 2.45) is 0 Å². The van der Waals surface area contributed by atoms with E-state index in [1.165, 1.54) is 12.1 Å². The number of ether oxygens (including phenoxy) is 2. The van der Waals surface area contributed by atoms with Gasteiger partial charge in [-0.25, -0.2) is 9.59 Å². The number of halogens is 3. The SMILES string of the molecule is C=CCCN1C(C)=C(C(=O)OCC)C(c2ccc(C(F)(F)F)cc2)C(C(=O)OCC)=C1C. The summed E-state index contributed by atoms with van der Waals surface area (Å²) in [5, 5.41) is 0. The topological polar surface area (TPSA) is 55.8 Å². The fraction of sp³-hybridized carbons (Fsp3) is 0.417. The van der Waals surface area contributed by atoms with Gasteiger partial charge in [-0.3, -0.25) is 0 Å². The maximum Gasteiger partial charge on any atom is 0.416 e. The summed E-state index contributed by atoms with van der Waals surface area (Å²) in [4.78, 5) is 27.8. The number of alkyl halides is 3. The first-order valence-corrected chi connectivity index (χ1v) is 10.4. The summed E-state index contributed by atoms with van der Waals surface area (Å²) in [6.07, 6.45) is -2.19. The van der Waals surface area contributed by atoms with Gasteiger partial charge in [0.25, 0.3) is 0 Å². The fourth-order valence-corrected chi connectivity index (χ4v) is 3.81. The molecule has 2 rings (SSSR count). The van der Waals surface area contributed by atoms with Gasteiger partial charge >= 0.3 is 18.1 Å². The predicted octanol–water partition coefficient (Wildman–Crippen LogP) is 5.35. The van der Waals surface area contributed by atoms with Gasteiger partial charge in [0, 0.05) is 17.9 Å². The largest absolute Gasteiger partial charge is 0.463 e. The van der Waals surface area contributed by atoms with E-state index in [0.29, 0.717) is 29.9 Å². The van der Waals surface area contributed by atoms with Crippen LogP contribution in [0, 0.1) is 0 Å².